The van der Waals surface area contributed by atoms with Gasteiger partial charge in [0.15, 0.2) is 0 Å². The van der Waals surface area contributed by atoms with Crippen molar-refractivity contribution in [2.75, 3.05) is 11.9 Å². The first-order valence-electron chi connectivity index (χ1n) is 8.88. The van der Waals surface area contributed by atoms with Crippen LogP contribution in [0.15, 0.2) is 18.2 Å². The molecule has 28 heavy (non-hydrogen) atoms. The number of rotatable bonds is 5. The van der Waals surface area contributed by atoms with Crippen LogP contribution in [0, 0.1) is 16.0 Å². The largest absolute Gasteiger partial charge is 0.462 e. The van der Waals surface area contributed by atoms with E-state index < -0.39 is 22.5 Å². The quantitative estimate of drug-likeness (QED) is 0.421. The fourth-order valence-corrected chi connectivity index (χ4v) is 4.84. The third-order valence-corrected chi connectivity index (χ3v) is 6.02. The van der Waals surface area contributed by atoms with Gasteiger partial charge >= 0.3 is 5.97 Å². The van der Waals surface area contributed by atoms with Gasteiger partial charge in [0, 0.05) is 16.0 Å². The van der Waals surface area contributed by atoms with Gasteiger partial charge in [0.05, 0.1) is 17.1 Å². The molecule has 0 saturated carbocycles. The Kier molecular flexibility index (Phi) is 6.00. The number of fused-ring (bicyclic) bond motifs is 1. The molecule has 1 amide bonds. The van der Waals surface area contributed by atoms with Gasteiger partial charge in [0.25, 0.3) is 11.6 Å². The molecule has 7 nitrogen and oxygen atoms in total. The second kappa shape index (κ2) is 8.28. The van der Waals surface area contributed by atoms with Gasteiger partial charge < -0.3 is 10.1 Å². The van der Waals surface area contributed by atoms with Crippen molar-refractivity contribution in [2.45, 2.75) is 33.1 Å². The average molecular weight is 423 g/mol. The summed E-state index contributed by atoms with van der Waals surface area (Å²) in [6, 6.07) is 3.84. The van der Waals surface area contributed by atoms with Gasteiger partial charge in [0.2, 0.25) is 0 Å². The number of hydrogen-bond donors (Lipinski definition) is 1. The standard InChI is InChI=1S/C19H19ClN2O5S/c1-3-27-19(24)16-13-6-4-10(2)8-15(13)28-18(16)21-17(23)12-7-5-11(20)9-14(12)22(25)26/h5,7,9-10H,3-4,6,8H2,1-2H3,(H,21,23)/t10-/m0/s1. The molecule has 0 fully saturated rings. The van der Waals surface area contributed by atoms with E-state index in [9.17, 15) is 19.7 Å². The summed E-state index contributed by atoms with van der Waals surface area (Å²) in [5, 5.41) is 14.5. The Morgan fingerprint density at radius 3 is 2.86 bits per heavy atom. The minimum Gasteiger partial charge on any atom is -0.462 e. The first kappa shape index (κ1) is 20.3. The third kappa shape index (κ3) is 4.02. The minimum absolute atomic E-state index is 0.121. The molecule has 1 atom stereocenters. The van der Waals surface area contributed by atoms with Crippen LogP contribution in [0.3, 0.4) is 0 Å². The first-order chi connectivity index (χ1) is 13.3. The lowest BCUT2D eigenvalue weighted by Gasteiger charge is -2.18. The molecule has 2 aromatic rings. The number of carbonyl (C=O) groups is 2. The van der Waals surface area contributed by atoms with E-state index in [0.29, 0.717) is 16.5 Å². The average Bonchev–Trinajstić information content (AvgIpc) is 2.98. The lowest BCUT2D eigenvalue weighted by atomic mass is 9.88. The minimum atomic E-state index is -0.666. The van der Waals surface area contributed by atoms with Gasteiger partial charge in [-0.2, -0.15) is 0 Å². The number of halogens is 1. The lowest BCUT2D eigenvalue weighted by molar-refractivity contribution is -0.385. The number of carbonyl (C=O) groups excluding carboxylic acids is 2. The number of nitro groups is 1. The van der Waals surface area contributed by atoms with Crippen molar-refractivity contribution in [1.82, 2.24) is 0 Å². The Morgan fingerprint density at radius 1 is 1.43 bits per heavy atom. The van der Waals surface area contributed by atoms with Crippen LogP contribution in [0.1, 0.15) is 51.4 Å². The van der Waals surface area contributed by atoms with E-state index in [1.54, 1.807) is 6.92 Å². The molecule has 0 unspecified atom stereocenters. The molecule has 0 spiro atoms. The summed E-state index contributed by atoms with van der Waals surface area (Å²) < 4.78 is 5.18. The van der Waals surface area contributed by atoms with E-state index in [2.05, 4.69) is 12.2 Å². The maximum absolute atomic E-state index is 12.8. The SMILES string of the molecule is CCOC(=O)c1c(NC(=O)c2ccc(Cl)cc2[N+](=O)[O-])sc2c1CC[C@H](C)C2. The maximum Gasteiger partial charge on any atom is 0.341 e. The van der Waals surface area contributed by atoms with Crippen molar-refractivity contribution < 1.29 is 19.2 Å². The van der Waals surface area contributed by atoms with Crippen molar-refractivity contribution in [2.24, 2.45) is 5.92 Å². The first-order valence-corrected chi connectivity index (χ1v) is 10.1. The monoisotopic (exact) mass is 422 g/mol. The van der Waals surface area contributed by atoms with Crippen LogP contribution in [0.25, 0.3) is 0 Å². The number of anilines is 1. The smallest absolute Gasteiger partial charge is 0.341 e. The van der Waals surface area contributed by atoms with Crippen molar-refractivity contribution >= 4 is 45.5 Å². The molecular weight excluding hydrogens is 404 g/mol. The van der Waals surface area contributed by atoms with Crippen LogP contribution in [-0.2, 0) is 17.6 Å². The van der Waals surface area contributed by atoms with E-state index in [4.69, 9.17) is 16.3 Å². The van der Waals surface area contributed by atoms with Gasteiger partial charge in [-0.3, -0.25) is 14.9 Å². The van der Waals surface area contributed by atoms with Crippen LogP contribution in [0.4, 0.5) is 10.7 Å². The molecule has 0 saturated heterocycles. The molecule has 1 aromatic heterocycles. The van der Waals surface area contributed by atoms with E-state index in [1.165, 1.54) is 23.5 Å². The Hall–Kier alpha value is -2.45. The van der Waals surface area contributed by atoms with Gasteiger partial charge in [0.1, 0.15) is 10.6 Å². The fraction of sp³-hybridized carbons (Fsp3) is 0.368. The highest BCUT2D eigenvalue weighted by Crippen LogP contribution is 2.40. The zero-order valence-electron chi connectivity index (χ0n) is 15.4. The summed E-state index contributed by atoms with van der Waals surface area (Å²) in [5.74, 6) is -0.668. The second-order valence-electron chi connectivity index (χ2n) is 6.65. The highest BCUT2D eigenvalue weighted by atomic mass is 35.5. The zero-order chi connectivity index (χ0) is 20.4. The Labute approximate surface area is 170 Å². The van der Waals surface area contributed by atoms with Crippen molar-refractivity contribution in [1.29, 1.82) is 0 Å². The highest BCUT2D eigenvalue weighted by Gasteiger charge is 2.30. The van der Waals surface area contributed by atoms with Crippen molar-refractivity contribution in [3.8, 4) is 0 Å². The molecule has 3 rings (SSSR count). The number of hydrogen-bond acceptors (Lipinski definition) is 6. The molecule has 1 heterocycles. The van der Waals surface area contributed by atoms with E-state index in [0.717, 1.165) is 35.8 Å². The molecule has 1 aromatic carbocycles. The van der Waals surface area contributed by atoms with Crippen molar-refractivity contribution in [3.05, 3.63) is 54.9 Å². The number of amides is 1. The number of nitrogens with one attached hydrogen (secondary N) is 1. The number of thiophene rings is 1. The Balaban J connectivity index is 1.99. The van der Waals surface area contributed by atoms with Crippen LogP contribution >= 0.6 is 22.9 Å². The molecule has 0 aliphatic heterocycles. The predicted molar refractivity (Wildman–Crippen MR) is 108 cm³/mol. The second-order valence-corrected chi connectivity index (χ2v) is 8.19. The topological polar surface area (TPSA) is 98.5 Å². The molecule has 1 aliphatic carbocycles. The predicted octanol–water partition coefficient (Wildman–Crippen LogP) is 4.86. The van der Waals surface area contributed by atoms with Gasteiger partial charge in [-0.15, -0.1) is 11.3 Å². The maximum atomic E-state index is 12.8. The number of benzene rings is 1. The summed E-state index contributed by atoms with van der Waals surface area (Å²) in [7, 11) is 0. The molecule has 148 valence electrons. The lowest BCUT2D eigenvalue weighted by Crippen LogP contribution is -2.17. The van der Waals surface area contributed by atoms with Gasteiger partial charge in [-0.1, -0.05) is 18.5 Å². The molecule has 0 radical (unpaired) electrons. The van der Waals surface area contributed by atoms with E-state index in [-0.39, 0.29) is 17.2 Å². The molecule has 1 N–H and O–H groups in total. The van der Waals surface area contributed by atoms with Gasteiger partial charge in [-0.25, -0.2) is 4.79 Å². The fourth-order valence-electron chi connectivity index (χ4n) is 3.28. The zero-order valence-corrected chi connectivity index (χ0v) is 17.0. The van der Waals surface area contributed by atoms with Crippen molar-refractivity contribution in [3.63, 3.8) is 0 Å². The summed E-state index contributed by atoms with van der Waals surface area (Å²) in [4.78, 5) is 36.9. The Morgan fingerprint density at radius 2 is 2.18 bits per heavy atom. The number of nitro benzene ring substituents is 1. The summed E-state index contributed by atoms with van der Waals surface area (Å²) >= 11 is 7.15. The number of esters is 1. The Bertz CT molecular complexity index is 956. The third-order valence-electron chi connectivity index (χ3n) is 4.62. The summed E-state index contributed by atoms with van der Waals surface area (Å²) in [6.07, 6.45) is 2.51. The molecule has 1 aliphatic rings. The normalized spacial score (nSPS) is 15.6. The van der Waals surface area contributed by atoms with Crippen LogP contribution in [0.2, 0.25) is 5.02 Å². The van der Waals surface area contributed by atoms with Crippen LogP contribution in [0.5, 0.6) is 0 Å². The number of ether oxygens (including phenoxy) is 1. The van der Waals surface area contributed by atoms with Crippen LogP contribution < -0.4 is 5.32 Å². The molecule has 9 heteroatoms. The summed E-state index contributed by atoms with van der Waals surface area (Å²) in [5.41, 5.74) is 0.753. The molecular formula is C19H19ClN2O5S. The molecule has 0 bridgehead atoms. The van der Waals surface area contributed by atoms with E-state index in [1.807, 2.05) is 0 Å². The highest BCUT2D eigenvalue weighted by molar-refractivity contribution is 7.17. The number of nitrogens with zero attached hydrogens (tertiary/aromatic N) is 1. The van der Waals surface area contributed by atoms with Gasteiger partial charge in [-0.05, 0) is 49.8 Å². The summed E-state index contributed by atoms with van der Waals surface area (Å²) in [6.45, 7) is 4.08. The van der Waals surface area contributed by atoms with Crippen LogP contribution in [-0.4, -0.2) is 23.4 Å². The van der Waals surface area contributed by atoms with E-state index >= 15 is 0 Å².